The van der Waals surface area contributed by atoms with Crippen molar-refractivity contribution in [3.8, 4) is 0 Å². The highest BCUT2D eigenvalue weighted by molar-refractivity contribution is 6.22. The van der Waals surface area contributed by atoms with Gasteiger partial charge in [-0.2, -0.15) is 0 Å². The van der Waals surface area contributed by atoms with E-state index >= 15 is 0 Å². The summed E-state index contributed by atoms with van der Waals surface area (Å²) in [6.07, 6.45) is 4.62. The van der Waals surface area contributed by atoms with Gasteiger partial charge in [-0.1, -0.05) is 23.8 Å². The van der Waals surface area contributed by atoms with E-state index < -0.39 is 5.60 Å². The maximum atomic E-state index is 11.3. The van der Waals surface area contributed by atoms with Crippen molar-refractivity contribution in [2.24, 2.45) is 5.92 Å². The van der Waals surface area contributed by atoms with E-state index in [1.54, 1.807) is 6.92 Å². The molecule has 13 heavy (non-hydrogen) atoms. The molecular weight excluding hydrogens is 188 g/mol. The standard InChI is InChI=1S/C10H15ClO2/c1-4-5-6-8(7(2)12)10(3)9(11)13-10/h4-5,8-9H,6H2,1-3H3/b5-4+. The Hall–Kier alpha value is -0.340. The van der Waals surface area contributed by atoms with E-state index in [9.17, 15) is 4.79 Å². The quantitative estimate of drug-likeness (QED) is 0.398. The van der Waals surface area contributed by atoms with Gasteiger partial charge in [-0.25, -0.2) is 0 Å². The topological polar surface area (TPSA) is 29.6 Å². The van der Waals surface area contributed by atoms with Crippen molar-refractivity contribution in [2.45, 2.75) is 38.4 Å². The van der Waals surface area contributed by atoms with Gasteiger partial charge in [0, 0.05) is 0 Å². The van der Waals surface area contributed by atoms with Crippen molar-refractivity contribution >= 4 is 17.4 Å². The van der Waals surface area contributed by atoms with Gasteiger partial charge >= 0.3 is 0 Å². The van der Waals surface area contributed by atoms with Crippen LogP contribution in [0.5, 0.6) is 0 Å². The van der Waals surface area contributed by atoms with Crippen LogP contribution in [0.4, 0.5) is 0 Å². The van der Waals surface area contributed by atoms with Crippen LogP contribution < -0.4 is 0 Å². The van der Waals surface area contributed by atoms with Crippen LogP contribution in [0.1, 0.15) is 27.2 Å². The average molecular weight is 203 g/mol. The lowest BCUT2D eigenvalue weighted by atomic mass is 9.88. The molecule has 0 aliphatic carbocycles. The first-order chi connectivity index (χ1) is 6.02. The van der Waals surface area contributed by atoms with Gasteiger partial charge in [0.2, 0.25) is 0 Å². The molecule has 1 aliphatic heterocycles. The Balaban J connectivity index is 2.64. The van der Waals surface area contributed by atoms with Crippen LogP contribution in [0.3, 0.4) is 0 Å². The van der Waals surface area contributed by atoms with Gasteiger partial charge in [-0.15, -0.1) is 0 Å². The summed E-state index contributed by atoms with van der Waals surface area (Å²) >= 11 is 5.81. The van der Waals surface area contributed by atoms with Gasteiger partial charge < -0.3 is 4.74 Å². The molecule has 1 aliphatic rings. The molecule has 0 spiro atoms. The Kier molecular flexibility index (Phi) is 3.14. The van der Waals surface area contributed by atoms with Crippen molar-refractivity contribution in [1.29, 1.82) is 0 Å². The summed E-state index contributed by atoms with van der Waals surface area (Å²) in [5, 5.41) is 0. The van der Waals surface area contributed by atoms with Crippen LogP contribution in [0.2, 0.25) is 0 Å². The number of carbonyl (C=O) groups is 1. The minimum absolute atomic E-state index is 0.105. The van der Waals surface area contributed by atoms with Crippen molar-refractivity contribution in [3.63, 3.8) is 0 Å². The number of allylic oxidation sites excluding steroid dienone is 2. The summed E-state index contributed by atoms with van der Waals surface area (Å²) in [7, 11) is 0. The van der Waals surface area contributed by atoms with Crippen LogP contribution in [-0.4, -0.2) is 16.9 Å². The molecule has 0 aromatic rings. The van der Waals surface area contributed by atoms with E-state index in [0.29, 0.717) is 6.42 Å². The molecule has 3 atom stereocenters. The van der Waals surface area contributed by atoms with Crippen molar-refractivity contribution in [3.05, 3.63) is 12.2 Å². The minimum Gasteiger partial charge on any atom is -0.348 e. The summed E-state index contributed by atoms with van der Waals surface area (Å²) in [4.78, 5) is 11.3. The number of Topliss-reactive ketones (excluding diaryl/α,β-unsaturated/α-hetero) is 1. The zero-order chi connectivity index (χ0) is 10.1. The molecule has 0 radical (unpaired) electrons. The summed E-state index contributed by atoms with van der Waals surface area (Å²) in [6, 6.07) is 0. The summed E-state index contributed by atoms with van der Waals surface area (Å²) < 4.78 is 5.24. The molecule has 2 nitrogen and oxygen atoms in total. The van der Waals surface area contributed by atoms with Crippen LogP contribution >= 0.6 is 11.6 Å². The first-order valence-electron chi connectivity index (χ1n) is 4.46. The fraction of sp³-hybridized carbons (Fsp3) is 0.700. The number of ketones is 1. The first-order valence-corrected chi connectivity index (χ1v) is 4.89. The normalized spacial score (nSPS) is 34.9. The number of rotatable bonds is 4. The second-order valence-electron chi connectivity index (χ2n) is 3.59. The second-order valence-corrected chi connectivity index (χ2v) is 3.98. The highest BCUT2D eigenvalue weighted by Gasteiger charge is 2.57. The van der Waals surface area contributed by atoms with Crippen molar-refractivity contribution in [1.82, 2.24) is 0 Å². The average Bonchev–Trinajstić information content (AvgIpc) is 2.60. The third-order valence-electron chi connectivity index (χ3n) is 2.54. The van der Waals surface area contributed by atoms with E-state index in [-0.39, 0.29) is 17.3 Å². The largest absolute Gasteiger partial charge is 0.348 e. The van der Waals surface area contributed by atoms with Crippen LogP contribution in [0.15, 0.2) is 12.2 Å². The maximum Gasteiger partial charge on any atom is 0.161 e. The molecule has 74 valence electrons. The van der Waals surface area contributed by atoms with Crippen LogP contribution in [0.25, 0.3) is 0 Å². The van der Waals surface area contributed by atoms with Gasteiger partial charge in [-0.05, 0) is 27.2 Å². The van der Waals surface area contributed by atoms with Crippen molar-refractivity contribution in [2.75, 3.05) is 0 Å². The fourth-order valence-corrected chi connectivity index (χ4v) is 1.85. The van der Waals surface area contributed by atoms with E-state index in [0.717, 1.165) is 0 Å². The molecule has 1 saturated heterocycles. The summed E-state index contributed by atoms with van der Waals surface area (Å²) in [5.74, 6) is 0.0370. The molecule has 3 unspecified atom stereocenters. The molecule has 1 heterocycles. The predicted octanol–water partition coefficient (Wildman–Crippen LogP) is 2.51. The third-order valence-corrected chi connectivity index (χ3v) is 3.06. The summed E-state index contributed by atoms with van der Waals surface area (Å²) in [6.45, 7) is 5.41. The lowest BCUT2D eigenvalue weighted by Crippen LogP contribution is -2.28. The maximum absolute atomic E-state index is 11.3. The highest BCUT2D eigenvalue weighted by atomic mass is 35.5. The number of epoxide rings is 1. The Bertz CT molecular complexity index is 237. The SMILES string of the molecule is C/C=C/CC(C(C)=O)C1(C)OC1Cl. The van der Waals surface area contributed by atoms with Gasteiger partial charge in [0.1, 0.15) is 11.4 Å². The predicted molar refractivity (Wildman–Crippen MR) is 52.7 cm³/mol. The number of hydrogen-bond donors (Lipinski definition) is 0. The zero-order valence-electron chi connectivity index (χ0n) is 8.21. The Labute approximate surface area is 83.9 Å². The van der Waals surface area contributed by atoms with Gasteiger partial charge in [0.05, 0.1) is 5.92 Å². The summed E-state index contributed by atoms with van der Waals surface area (Å²) in [5.41, 5.74) is -0.737. The Morgan fingerprint density at radius 3 is 2.62 bits per heavy atom. The fourth-order valence-electron chi connectivity index (χ4n) is 1.50. The minimum atomic E-state index is -0.438. The Morgan fingerprint density at radius 1 is 1.77 bits per heavy atom. The number of alkyl halides is 1. The van der Waals surface area contributed by atoms with Gasteiger partial charge in [0.15, 0.2) is 5.56 Å². The molecule has 1 fully saturated rings. The number of hydrogen-bond acceptors (Lipinski definition) is 2. The molecule has 0 aromatic heterocycles. The van der Waals surface area contributed by atoms with E-state index in [4.69, 9.17) is 16.3 Å². The van der Waals surface area contributed by atoms with Crippen LogP contribution in [-0.2, 0) is 9.53 Å². The number of ether oxygens (including phenoxy) is 1. The number of halogens is 1. The molecule has 0 N–H and O–H groups in total. The molecule has 1 rings (SSSR count). The molecule has 0 saturated carbocycles. The van der Waals surface area contributed by atoms with E-state index in [2.05, 4.69) is 0 Å². The highest BCUT2D eigenvalue weighted by Crippen LogP contribution is 2.46. The van der Waals surface area contributed by atoms with Gasteiger partial charge in [0.25, 0.3) is 0 Å². The molecule has 0 amide bonds. The lowest BCUT2D eigenvalue weighted by Gasteiger charge is -2.15. The molecular formula is C10H15ClO2. The van der Waals surface area contributed by atoms with Crippen LogP contribution in [0, 0.1) is 5.92 Å². The van der Waals surface area contributed by atoms with Crippen molar-refractivity contribution < 1.29 is 9.53 Å². The second kappa shape index (κ2) is 3.81. The molecule has 3 heteroatoms. The number of carbonyl (C=O) groups excluding carboxylic acids is 1. The zero-order valence-corrected chi connectivity index (χ0v) is 8.97. The third kappa shape index (κ3) is 2.12. The van der Waals surface area contributed by atoms with E-state index in [1.807, 2.05) is 26.0 Å². The smallest absolute Gasteiger partial charge is 0.161 e. The monoisotopic (exact) mass is 202 g/mol. The Morgan fingerprint density at radius 2 is 2.31 bits per heavy atom. The lowest BCUT2D eigenvalue weighted by molar-refractivity contribution is -0.122. The molecule has 0 bridgehead atoms. The first kappa shape index (κ1) is 10.7. The molecule has 0 aromatic carbocycles. The van der Waals surface area contributed by atoms with Gasteiger partial charge in [-0.3, -0.25) is 4.79 Å². The van der Waals surface area contributed by atoms with E-state index in [1.165, 1.54) is 0 Å².